The van der Waals surface area contributed by atoms with E-state index in [9.17, 15) is 19.8 Å². The van der Waals surface area contributed by atoms with Crippen LogP contribution in [0.25, 0.3) is 0 Å². The molecule has 16 heavy (non-hydrogen) atoms. The molecule has 0 amide bonds. The van der Waals surface area contributed by atoms with Gasteiger partial charge in [0.05, 0.1) is 0 Å². The Kier molecular flexibility index (Phi) is 6.26. The fourth-order valence-electron chi connectivity index (χ4n) is 0.969. The monoisotopic (exact) mass is 238 g/mol. The average molecular weight is 238 g/mol. The largest absolute Gasteiger partial charge is 0.387 e. The fourth-order valence-corrected chi connectivity index (χ4v) is 0.969. The number of aldehydes is 2. The van der Waals surface area contributed by atoms with E-state index in [2.05, 4.69) is 0 Å². The second-order valence-electron chi connectivity index (χ2n) is 3.22. The zero-order chi connectivity index (χ0) is 12.9. The van der Waals surface area contributed by atoms with Gasteiger partial charge in [-0.1, -0.05) is 0 Å². The van der Waals surface area contributed by atoms with Gasteiger partial charge in [-0.15, -0.1) is 0 Å². The van der Waals surface area contributed by atoms with Gasteiger partial charge < -0.3 is 40.2 Å². The molecule has 0 radical (unpaired) electrons. The van der Waals surface area contributed by atoms with E-state index in [-0.39, 0.29) is 12.6 Å². The van der Waals surface area contributed by atoms with E-state index in [1.54, 1.807) is 0 Å². The predicted molar refractivity (Wildman–Crippen MR) is 48.2 cm³/mol. The normalized spacial score (nSPS) is 22.6. The molecule has 8 nitrogen and oxygen atoms in total. The van der Waals surface area contributed by atoms with E-state index in [4.69, 9.17) is 20.4 Å². The Morgan fingerprint density at radius 2 is 0.812 bits per heavy atom. The van der Waals surface area contributed by atoms with Crippen LogP contribution in [0.2, 0.25) is 0 Å². The highest BCUT2D eigenvalue weighted by atomic mass is 16.4. The van der Waals surface area contributed by atoms with E-state index < -0.39 is 36.6 Å². The molecule has 6 N–H and O–H groups in total. The van der Waals surface area contributed by atoms with Crippen LogP contribution in [0.1, 0.15) is 0 Å². The first-order chi connectivity index (χ1) is 7.36. The maximum atomic E-state index is 10.1. The van der Waals surface area contributed by atoms with Crippen molar-refractivity contribution in [2.45, 2.75) is 36.6 Å². The van der Waals surface area contributed by atoms with Crippen LogP contribution in [-0.2, 0) is 9.59 Å². The highest BCUT2D eigenvalue weighted by molar-refractivity contribution is 5.57. The Balaban J connectivity index is 4.53. The molecule has 0 spiro atoms. The molecule has 0 saturated heterocycles. The van der Waals surface area contributed by atoms with E-state index in [1.807, 2.05) is 0 Å². The minimum atomic E-state index is -2.09. The Hall–Kier alpha value is -0.900. The van der Waals surface area contributed by atoms with Crippen molar-refractivity contribution in [2.75, 3.05) is 0 Å². The fraction of sp³-hybridized carbons (Fsp3) is 0.750. The summed E-state index contributed by atoms with van der Waals surface area (Å²) in [7, 11) is 0. The summed E-state index contributed by atoms with van der Waals surface area (Å²) >= 11 is 0. The van der Waals surface area contributed by atoms with Crippen LogP contribution in [0.3, 0.4) is 0 Å². The average Bonchev–Trinajstić information content (AvgIpc) is 2.32. The molecule has 0 heterocycles. The second-order valence-corrected chi connectivity index (χ2v) is 3.22. The maximum Gasteiger partial charge on any atom is 0.151 e. The molecular formula is C8H14O8. The first kappa shape index (κ1) is 15.1. The minimum Gasteiger partial charge on any atom is -0.387 e. The number of rotatable bonds is 7. The summed E-state index contributed by atoms with van der Waals surface area (Å²) in [5.41, 5.74) is 0. The highest BCUT2D eigenvalue weighted by Gasteiger charge is 2.36. The van der Waals surface area contributed by atoms with Crippen molar-refractivity contribution in [3.05, 3.63) is 0 Å². The van der Waals surface area contributed by atoms with Crippen LogP contribution in [0, 0.1) is 0 Å². The van der Waals surface area contributed by atoms with Gasteiger partial charge in [-0.05, 0) is 0 Å². The molecule has 6 atom stereocenters. The molecular weight excluding hydrogens is 224 g/mol. The van der Waals surface area contributed by atoms with Crippen molar-refractivity contribution in [3.8, 4) is 0 Å². The van der Waals surface area contributed by atoms with Gasteiger partial charge in [0, 0.05) is 0 Å². The lowest BCUT2D eigenvalue weighted by Gasteiger charge is -2.28. The second kappa shape index (κ2) is 6.63. The first-order valence-electron chi connectivity index (χ1n) is 4.35. The zero-order valence-electron chi connectivity index (χ0n) is 8.12. The summed E-state index contributed by atoms with van der Waals surface area (Å²) in [5.74, 6) is 0. The van der Waals surface area contributed by atoms with Crippen LogP contribution in [0.4, 0.5) is 0 Å². The Bertz CT molecular complexity index is 208. The number of carbonyl (C=O) groups excluding carboxylic acids is 2. The van der Waals surface area contributed by atoms with Crippen molar-refractivity contribution < 1.29 is 40.2 Å². The lowest BCUT2D eigenvalue weighted by Crippen LogP contribution is -2.52. The van der Waals surface area contributed by atoms with E-state index >= 15 is 0 Å². The Labute approximate surface area is 90.4 Å². The van der Waals surface area contributed by atoms with Gasteiger partial charge >= 0.3 is 0 Å². The molecule has 0 aromatic rings. The van der Waals surface area contributed by atoms with Crippen LogP contribution in [-0.4, -0.2) is 79.8 Å². The van der Waals surface area contributed by atoms with E-state index in [0.717, 1.165) is 0 Å². The Morgan fingerprint density at radius 3 is 1.00 bits per heavy atom. The number of carbonyl (C=O) groups is 2. The van der Waals surface area contributed by atoms with Crippen LogP contribution in [0.15, 0.2) is 0 Å². The SMILES string of the molecule is O=CC(O)C(O)C(O)C(O)C(O)C(O)C=O. The van der Waals surface area contributed by atoms with Gasteiger partial charge in [0.1, 0.15) is 36.6 Å². The van der Waals surface area contributed by atoms with Crippen molar-refractivity contribution in [3.63, 3.8) is 0 Å². The molecule has 0 aromatic carbocycles. The minimum absolute atomic E-state index is 0.0802. The molecule has 0 aliphatic rings. The molecule has 94 valence electrons. The summed E-state index contributed by atoms with van der Waals surface area (Å²) in [6.45, 7) is 0. The smallest absolute Gasteiger partial charge is 0.151 e. The molecule has 0 aliphatic heterocycles. The quantitative estimate of drug-likeness (QED) is 0.242. The lowest BCUT2D eigenvalue weighted by molar-refractivity contribution is -0.158. The van der Waals surface area contributed by atoms with Crippen LogP contribution >= 0.6 is 0 Å². The third-order valence-electron chi connectivity index (χ3n) is 2.03. The van der Waals surface area contributed by atoms with Crippen molar-refractivity contribution in [1.82, 2.24) is 0 Å². The molecule has 0 saturated carbocycles. The third kappa shape index (κ3) is 3.59. The predicted octanol–water partition coefficient (Wildman–Crippen LogP) is -4.45. The van der Waals surface area contributed by atoms with E-state index in [0.29, 0.717) is 0 Å². The Morgan fingerprint density at radius 1 is 0.562 bits per heavy atom. The summed E-state index contributed by atoms with van der Waals surface area (Å²) in [6.07, 6.45) is -12.3. The van der Waals surface area contributed by atoms with Gasteiger partial charge in [0.15, 0.2) is 12.6 Å². The van der Waals surface area contributed by atoms with Crippen molar-refractivity contribution in [2.24, 2.45) is 0 Å². The van der Waals surface area contributed by atoms with Gasteiger partial charge in [-0.2, -0.15) is 0 Å². The van der Waals surface area contributed by atoms with Crippen molar-refractivity contribution >= 4 is 12.6 Å². The standard InChI is InChI=1S/C8H14O8/c9-1-3(11)5(13)7(15)8(16)6(14)4(12)2-10/h1-8,11-16H. The number of aliphatic hydroxyl groups is 6. The zero-order valence-corrected chi connectivity index (χ0v) is 8.12. The number of aliphatic hydroxyl groups excluding tert-OH is 6. The third-order valence-corrected chi connectivity index (χ3v) is 2.03. The molecule has 0 aromatic heterocycles. The van der Waals surface area contributed by atoms with Gasteiger partial charge in [0.25, 0.3) is 0 Å². The molecule has 0 bridgehead atoms. The van der Waals surface area contributed by atoms with Crippen LogP contribution < -0.4 is 0 Å². The van der Waals surface area contributed by atoms with Crippen molar-refractivity contribution in [1.29, 1.82) is 0 Å². The van der Waals surface area contributed by atoms with E-state index in [1.165, 1.54) is 0 Å². The van der Waals surface area contributed by atoms with Gasteiger partial charge in [0.2, 0.25) is 0 Å². The molecule has 0 fully saturated rings. The topological polar surface area (TPSA) is 156 Å². The summed E-state index contributed by atoms with van der Waals surface area (Å²) in [6, 6.07) is 0. The summed E-state index contributed by atoms with van der Waals surface area (Å²) in [5, 5.41) is 54.2. The van der Waals surface area contributed by atoms with Gasteiger partial charge in [-0.25, -0.2) is 0 Å². The molecule has 0 aliphatic carbocycles. The van der Waals surface area contributed by atoms with Gasteiger partial charge in [-0.3, -0.25) is 0 Å². The molecule has 0 rings (SSSR count). The summed E-state index contributed by atoms with van der Waals surface area (Å²) < 4.78 is 0. The number of hydrogen-bond acceptors (Lipinski definition) is 8. The number of hydrogen-bond donors (Lipinski definition) is 6. The van der Waals surface area contributed by atoms with Crippen LogP contribution in [0.5, 0.6) is 0 Å². The maximum absolute atomic E-state index is 10.1. The lowest BCUT2D eigenvalue weighted by atomic mass is 9.97. The molecule has 8 heteroatoms. The summed E-state index contributed by atoms with van der Waals surface area (Å²) in [4.78, 5) is 20.1. The molecule has 6 unspecified atom stereocenters. The first-order valence-corrected chi connectivity index (χ1v) is 4.35. The highest BCUT2D eigenvalue weighted by Crippen LogP contribution is 2.09.